The van der Waals surface area contributed by atoms with E-state index in [1.165, 1.54) is 6.07 Å². The van der Waals surface area contributed by atoms with Crippen LogP contribution in [-0.4, -0.2) is 47.3 Å². The van der Waals surface area contributed by atoms with Gasteiger partial charge in [-0.05, 0) is 37.0 Å². The molecule has 144 valence electrons. The molecule has 0 fully saturated rings. The molecule has 0 saturated heterocycles. The number of aliphatic imine (C=N–C) groups is 1. The number of benzene rings is 1. The number of rotatable bonds is 9. The second-order valence-corrected chi connectivity index (χ2v) is 8.03. The minimum atomic E-state index is -3.14. The van der Waals surface area contributed by atoms with Crippen LogP contribution < -0.4 is 15.4 Å². The Bertz CT molecular complexity index is 659. The highest BCUT2D eigenvalue weighted by Gasteiger charge is 2.03. The van der Waals surface area contributed by atoms with Crippen molar-refractivity contribution in [3.8, 4) is 0 Å². The lowest BCUT2D eigenvalue weighted by Crippen LogP contribution is -2.39. The molecule has 1 rings (SSSR count). The zero-order chi connectivity index (χ0) is 18.0. The molecule has 0 unspecified atom stereocenters. The summed E-state index contributed by atoms with van der Waals surface area (Å²) in [7, 11) is -1.47. The monoisotopic (exact) mass is 550 g/mol. The van der Waals surface area contributed by atoms with Crippen LogP contribution >= 0.6 is 39.9 Å². The molecule has 0 aliphatic heterocycles. The second-order valence-electron chi connectivity index (χ2n) is 5.29. The van der Waals surface area contributed by atoms with Crippen LogP contribution in [-0.2, 0) is 16.4 Å². The molecular weight excluding hydrogens is 526 g/mol. The van der Waals surface area contributed by atoms with Gasteiger partial charge < -0.3 is 10.6 Å². The van der Waals surface area contributed by atoms with Crippen molar-refractivity contribution in [3.63, 3.8) is 0 Å². The fourth-order valence-corrected chi connectivity index (χ4v) is 2.83. The van der Waals surface area contributed by atoms with E-state index in [2.05, 4.69) is 36.3 Å². The average Bonchev–Trinajstić information content (AvgIpc) is 2.49. The Morgan fingerprint density at radius 1 is 1.20 bits per heavy atom. The highest BCUT2D eigenvalue weighted by atomic mass is 127. The molecular formula is C15H25BrFIN4O2S. The highest BCUT2D eigenvalue weighted by Crippen LogP contribution is 2.16. The van der Waals surface area contributed by atoms with E-state index in [1.807, 2.05) is 6.07 Å². The van der Waals surface area contributed by atoms with Gasteiger partial charge in [0.1, 0.15) is 5.82 Å². The third-order valence-electron chi connectivity index (χ3n) is 3.16. The number of nitrogens with zero attached hydrogens (tertiary/aromatic N) is 1. The Morgan fingerprint density at radius 3 is 2.40 bits per heavy atom. The van der Waals surface area contributed by atoms with E-state index in [9.17, 15) is 12.8 Å². The number of hydrogen-bond donors (Lipinski definition) is 3. The quantitative estimate of drug-likeness (QED) is 0.191. The summed E-state index contributed by atoms with van der Waals surface area (Å²) in [5.74, 6) is 0.441. The number of nitrogens with one attached hydrogen (secondary N) is 3. The first-order valence-corrected chi connectivity index (χ1v) is 10.3. The van der Waals surface area contributed by atoms with Gasteiger partial charge in [-0.3, -0.25) is 4.99 Å². The van der Waals surface area contributed by atoms with Crippen LogP contribution in [0.15, 0.2) is 27.7 Å². The summed E-state index contributed by atoms with van der Waals surface area (Å²) in [4.78, 5) is 4.08. The van der Waals surface area contributed by atoms with Gasteiger partial charge in [-0.25, -0.2) is 17.5 Å². The summed E-state index contributed by atoms with van der Waals surface area (Å²) >= 11 is 3.24. The van der Waals surface area contributed by atoms with Crippen molar-refractivity contribution in [2.75, 3.05) is 32.9 Å². The molecule has 0 aliphatic carbocycles. The summed E-state index contributed by atoms with van der Waals surface area (Å²) < 4.78 is 38.7. The molecule has 3 N–H and O–H groups in total. The van der Waals surface area contributed by atoms with E-state index in [0.29, 0.717) is 44.0 Å². The van der Waals surface area contributed by atoms with Crippen LogP contribution in [0, 0.1) is 5.82 Å². The molecule has 1 aromatic carbocycles. The molecule has 0 saturated carbocycles. The largest absolute Gasteiger partial charge is 0.356 e. The minimum absolute atomic E-state index is 0. The molecule has 25 heavy (non-hydrogen) atoms. The van der Waals surface area contributed by atoms with Crippen LogP contribution in [0.4, 0.5) is 4.39 Å². The van der Waals surface area contributed by atoms with Gasteiger partial charge in [0.25, 0.3) is 0 Å². The fraction of sp³-hybridized carbons (Fsp3) is 0.533. The summed E-state index contributed by atoms with van der Waals surface area (Å²) in [5, 5.41) is 6.24. The molecule has 10 heteroatoms. The summed E-state index contributed by atoms with van der Waals surface area (Å²) in [5.41, 5.74) is 0.690. The molecule has 0 aromatic heterocycles. The highest BCUT2D eigenvalue weighted by molar-refractivity contribution is 14.0. The van der Waals surface area contributed by atoms with Crippen LogP contribution in [0.2, 0.25) is 0 Å². The lowest BCUT2D eigenvalue weighted by molar-refractivity contribution is 0.584. The van der Waals surface area contributed by atoms with Crippen LogP contribution in [0.5, 0.6) is 0 Å². The maximum Gasteiger partial charge on any atom is 0.208 e. The zero-order valence-corrected chi connectivity index (χ0v) is 19.0. The van der Waals surface area contributed by atoms with Gasteiger partial charge in [-0.15, -0.1) is 24.0 Å². The zero-order valence-electron chi connectivity index (χ0n) is 14.3. The Morgan fingerprint density at radius 2 is 1.84 bits per heavy atom. The third-order valence-corrected chi connectivity index (χ3v) is 4.39. The molecule has 0 heterocycles. The topological polar surface area (TPSA) is 82.6 Å². The van der Waals surface area contributed by atoms with Crippen LogP contribution in [0.3, 0.4) is 0 Å². The average molecular weight is 551 g/mol. The van der Waals surface area contributed by atoms with Crippen molar-refractivity contribution >= 4 is 55.9 Å². The van der Waals surface area contributed by atoms with E-state index < -0.39 is 10.0 Å². The van der Waals surface area contributed by atoms with Gasteiger partial charge in [0.15, 0.2) is 5.96 Å². The van der Waals surface area contributed by atoms with Gasteiger partial charge in [-0.2, -0.15) is 0 Å². The summed E-state index contributed by atoms with van der Waals surface area (Å²) in [6.07, 6.45) is 3.20. The van der Waals surface area contributed by atoms with Gasteiger partial charge >= 0.3 is 0 Å². The summed E-state index contributed by atoms with van der Waals surface area (Å²) in [6.45, 7) is 1.64. The molecule has 0 bridgehead atoms. The van der Waals surface area contributed by atoms with Crippen molar-refractivity contribution in [1.82, 2.24) is 15.4 Å². The first-order valence-electron chi connectivity index (χ1n) is 7.65. The standard InChI is InChI=1S/C15H24BrFN4O2S.HI/c1-18-15(20-9-4-10-21-24(2,22)23)19-8-3-5-12-6-7-13(16)11-14(12)17;/h6-7,11,21H,3-5,8-10H2,1-2H3,(H2,18,19,20);1H. The van der Waals surface area contributed by atoms with Crippen molar-refractivity contribution < 1.29 is 12.8 Å². The lowest BCUT2D eigenvalue weighted by atomic mass is 10.1. The van der Waals surface area contributed by atoms with E-state index >= 15 is 0 Å². The number of aryl methyl sites for hydroxylation is 1. The second kappa shape index (κ2) is 12.8. The molecule has 6 nitrogen and oxygen atoms in total. The van der Waals surface area contributed by atoms with Gasteiger partial charge in [0, 0.05) is 31.2 Å². The Kier molecular flexibility index (Phi) is 12.6. The number of sulfonamides is 1. The van der Waals surface area contributed by atoms with E-state index in [4.69, 9.17) is 0 Å². The van der Waals surface area contributed by atoms with Crippen molar-refractivity contribution in [1.29, 1.82) is 0 Å². The van der Waals surface area contributed by atoms with E-state index in [0.717, 1.165) is 17.1 Å². The Labute approximate surface area is 174 Å². The first-order chi connectivity index (χ1) is 11.3. The maximum atomic E-state index is 13.7. The first kappa shape index (κ1) is 24.5. The van der Waals surface area contributed by atoms with Gasteiger partial charge in [-0.1, -0.05) is 22.0 Å². The lowest BCUT2D eigenvalue weighted by Gasteiger charge is -2.12. The molecule has 0 atom stereocenters. The van der Waals surface area contributed by atoms with Gasteiger partial charge in [0.05, 0.1) is 6.26 Å². The smallest absolute Gasteiger partial charge is 0.208 e. The van der Waals surface area contributed by atoms with Crippen molar-refractivity contribution in [2.45, 2.75) is 19.3 Å². The SMILES string of the molecule is CN=C(NCCCNS(C)(=O)=O)NCCCc1ccc(Br)cc1F.I. The molecule has 0 radical (unpaired) electrons. The van der Waals surface area contributed by atoms with Crippen molar-refractivity contribution in [3.05, 3.63) is 34.1 Å². The number of halogens is 3. The Hall–Kier alpha value is -0.460. The van der Waals surface area contributed by atoms with Crippen LogP contribution in [0.1, 0.15) is 18.4 Å². The minimum Gasteiger partial charge on any atom is -0.356 e. The van der Waals surface area contributed by atoms with Gasteiger partial charge in [0.2, 0.25) is 10.0 Å². The van der Waals surface area contributed by atoms with E-state index in [1.54, 1.807) is 13.1 Å². The summed E-state index contributed by atoms with van der Waals surface area (Å²) in [6, 6.07) is 5.08. The predicted octanol–water partition coefficient (Wildman–Crippen LogP) is 2.24. The normalized spacial score (nSPS) is 11.8. The molecule has 1 aromatic rings. The number of guanidine groups is 1. The predicted molar refractivity (Wildman–Crippen MR) is 115 cm³/mol. The fourth-order valence-electron chi connectivity index (χ4n) is 1.98. The van der Waals surface area contributed by atoms with Crippen LogP contribution in [0.25, 0.3) is 0 Å². The van der Waals surface area contributed by atoms with Crippen molar-refractivity contribution in [2.24, 2.45) is 4.99 Å². The Balaban J connectivity index is 0.00000576. The third kappa shape index (κ3) is 11.7. The molecule has 0 amide bonds. The van der Waals surface area contributed by atoms with E-state index in [-0.39, 0.29) is 29.8 Å². The molecule has 0 spiro atoms. The molecule has 0 aliphatic rings. The number of hydrogen-bond acceptors (Lipinski definition) is 3. The maximum absolute atomic E-state index is 13.7.